The second-order valence-electron chi connectivity index (χ2n) is 5.40. The normalized spacial score (nSPS) is 10.8. The van der Waals surface area contributed by atoms with Gasteiger partial charge in [0.1, 0.15) is 12.3 Å². The second-order valence-corrected chi connectivity index (χ2v) is 5.40. The van der Waals surface area contributed by atoms with Crippen LogP contribution in [-0.2, 0) is 6.54 Å². The number of nitrogens with zero attached hydrogens (tertiary/aromatic N) is 3. The van der Waals surface area contributed by atoms with Crippen LogP contribution in [0.1, 0.15) is 6.42 Å². The number of hydrogen-bond donors (Lipinski definition) is 1. The minimum atomic E-state index is -3.00. The highest BCUT2D eigenvalue weighted by molar-refractivity contribution is 5.69. The van der Waals surface area contributed by atoms with Gasteiger partial charge in [0.25, 0.3) is 11.5 Å². The Hall–Kier alpha value is -3.47. The van der Waals surface area contributed by atoms with Crippen molar-refractivity contribution >= 4 is 5.65 Å². The van der Waals surface area contributed by atoms with E-state index in [2.05, 4.69) is 4.74 Å². The summed E-state index contributed by atoms with van der Waals surface area (Å²) in [6, 6.07) is 12.5. The molecule has 0 spiro atoms. The molecule has 26 heavy (non-hydrogen) atoms. The Morgan fingerprint density at radius 3 is 2.81 bits per heavy atom. The third-order valence-electron chi connectivity index (χ3n) is 3.82. The molecule has 0 aliphatic heterocycles. The molecule has 2 aromatic heterocycles. The first-order chi connectivity index (χ1) is 12.5. The summed E-state index contributed by atoms with van der Waals surface area (Å²) in [6.07, 6.45) is 1.65. The maximum atomic E-state index is 12.8. The zero-order chi connectivity index (χ0) is 18.7. The van der Waals surface area contributed by atoms with Crippen LogP contribution in [0.15, 0.2) is 53.5 Å². The molecule has 0 amide bonds. The molecule has 0 atom stereocenters. The number of nitriles is 1. The highest BCUT2D eigenvalue weighted by atomic mass is 19.3. The largest absolute Gasteiger partial charge is 0.477 e. The smallest absolute Gasteiger partial charge is 0.387 e. The molecule has 1 aromatic carbocycles. The molecule has 132 valence electrons. The lowest BCUT2D eigenvalue weighted by molar-refractivity contribution is -0.532. The van der Waals surface area contributed by atoms with E-state index in [9.17, 15) is 18.7 Å². The number of aryl methyl sites for hydroxylation is 1. The van der Waals surface area contributed by atoms with Gasteiger partial charge in [-0.3, -0.25) is 0 Å². The number of aromatic nitrogens is 2. The molecule has 8 heteroatoms. The summed E-state index contributed by atoms with van der Waals surface area (Å²) in [5.41, 5.74) is 0.0652. The van der Waals surface area contributed by atoms with Crippen molar-refractivity contribution in [1.82, 2.24) is 4.57 Å². The number of halogens is 2. The van der Waals surface area contributed by atoms with E-state index in [0.29, 0.717) is 5.65 Å². The molecule has 0 unspecified atom stereocenters. The van der Waals surface area contributed by atoms with E-state index in [4.69, 9.17) is 5.26 Å². The van der Waals surface area contributed by atoms with Crippen molar-refractivity contribution in [3.8, 4) is 28.8 Å². The van der Waals surface area contributed by atoms with Gasteiger partial charge in [0.05, 0.1) is 18.7 Å². The predicted molar refractivity (Wildman–Crippen MR) is 87.8 cm³/mol. The molecule has 3 rings (SSSR count). The first kappa shape index (κ1) is 17.4. The Labute approximate surface area is 146 Å². The number of benzene rings is 1. The van der Waals surface area contributed by atoms with E-state index < -0.39 is 12.2 Å². The van der Waals surface area contributed by atoms with E-state index >= 15 is 0 Å². The zero-order valence-corrected chi connectivity index (χ0v) is 13.5. The summed E-state index contributed by atoms with van der Waals surface area (Å²) >= 11 is 0. The Kier molecular flexibility index (Phi) is 4.80. The second kappa shape index (κ2) is 7.19. The Bertz CT molecular complexity index is 1060. The molecule has 0 bridgehead atoms. The van der Waals surface area contributed by atoms with Crippen LogP contribution in [0.2, 0.25) is 0 Å². The molecule has 0 saturated heterocycles. The highest BCUT2D eigenvalue weighted by Crippen LogP contribution is 2.29. The summed E-state index contributed by atoms with van der Waals surface area (Å²) in [4.78, 5) is 12.8. The Morgan fingerprint density at radius 2 is 2.08 bits per heavy atom. The summed E-state index contributed by atoms with van der Waals surface area (Å²) in [6.45, 7) is -2.84. The molecule has 2 heterocycles. The number of pyridine rings is 1. The van der Waals surface area contributed by atoms with E-state index in [1.54, 1.807) is 18.2 Å². The van der Waals surface area contributed by atoms with Crippen molar-refractivity contribution in [2.75, 3.05) is 0 Å². The highest BCUT2D eigenvalue weighted by Gasteiger charge is 2.25. The van der Waals surface area contributed by atoms with Crippen LogP contribution in [0.4, 0.5) is 8.78 Å². The van der Waals surface area contributed by atoms with Gasteiger partial charge < -0.3 is 9.84 Å². The minimum Gasteiger partial charge on any atom is -0.477 e. The molecule has 3 aromatic rings. The van der Waals surface area contributed by atoms with Crippen molar-refractivity contribution in [1.29, 1.82) is 5.26 Å². The molecular formula is C18H14F2N3O3+. The third kappa shape index (κ3) is 3.19. The Morgan fingerprint density at radius 1 is 1.27 bits per heavy atom. The van der Waals surface area contributed by atoms with Gasteiger partial charge in [-0.1, -0.05) is 18.2 Å². The summed E-state index contributed by atoms with van der Waals surface area (Å²) < 4.78 is 32.0. The van der Waals surface area contributed by atoms with Gasteiger partial charge in [-0.15, -0.1) is 0 Å². The van der Waals surface area contributed by atoms with Crippen LogP contribution in [-0.4, -0.2) is 16.3 Å². The fourth-order valence-electron chi connectivity index (χ4n) is 2.75. The number of ether oxygens (including phenoxy) is 1. The quantitative estimate of drug-likeness (QED) is 0.711. The van der Waals surface area contributed by atoms with Gasteiger partial charge in [-0.25, -0.2) is 4.79 Å². The van der Waals surface area contributed by atoms with E-state index in [1.807, 2.05) is 6.07 Å². The van der Waals surface area contributed by atoms with Crippen molar-refractivity contribution in [3.05, 3.63) is 59.0 Å². The SMILES string of the molecule is N#CCCn1c(O)c(-c2cccc(OC(F)F)c2)c(=O)[n+]2ccccc12. The Balaban J connectivity index is 2.27. The van der Waals surface area contributed by atoms with Gasteiger partial charge in [0.15, 0.2) is 5.56 Å². The molecule has 6 nitrogen and oxygen atoms in total. The van der Waals surface area contributed by atoms with Crippen LogP contribution >= 0.6 is 0 Å². The van der Waals surface area contributed by atoms with Crippen LogP contribution in [0.3, 0.4) is 0 Å². The molecule has 0 aliphatic carbocycles. The lowest BCUT2D eigenvalue weighted by atomic mass is 10.1. The van der Waals surface area contributed by atoms with Crippen molar-refractivity contribution < 1.29 is 23.0 Å². The van der Waals surface area contributed by atoms with Crippen LogP contribution < -0.4 is 14.7 Å². The first-order valence-corrected chi connectivity index (χ1v) is 7.71. The number of fused-ring (bicyclic) bond motifs is 1. The predicted octanol–water partition coefficient (Wildman–Crippen LogP) is 2.47. The number of hydrogen-bond acceptors (Lipinski definition) is 4. The van der Waals surface area contributed by atoms with Crippen molar-refractivity contribution in [3.63, 3.8) is 0 Å². The topological polar surface area (TPSA) is 79.3 Å². The maximum Gasteiger partial charge on any atom is 0.387 e. The average molecular weight is 358 g/mol. The lowest BCUT2D eigenvalue weighted by Crippen LogP contribution is -2.43. The van der Waals surface area contributed by atoms with Gasteiger partial charge in [0.2, 0.25) is 0 Å². The standard InChI is InChI=1S/C18H13F2N3O3/c19-18(20)26-13-6-3-5-12(11-13)15-16(24)22-9-2-1-7-14(22)23(17(15)25)10-4-8-21/h1-3,5-7,9,11,18H,4,10H2/p+1. The van der Waals surface area contributed by atoms with Gasteiger partial charge in [-0.05, 0) is 18.2 Å². The first-order valence-electron chi connectivity index (χ1n) is 7.71. The van der Waals surface area contributed by atoms with Gasteiger partial charge in [-0.2, -0.15) is 23.0 Å². The molecule has 0 radical (unpaired) electrons. The zero-order valence-electron chi connectivity index (χ0n) is 13.5. The molecular weight excluding hydrogens is 344 g/mol. The molecule has 0 aliphatic rings. The van der Waals surface area contributed by atoms with E-state index in [1.165, 1.54) is 39.4 Å². The molecule has 0 saturated carbocycles. The fraction of sp³-hybridized carbons (Fsp3) is 0.167. The van der Waals surface area contributed by atoms with E-state index in [0.717, 1.165) is 0 Å². The van der Waals surface area contributed by atoms with Gasteiger partial charge >= 0.3 is 12.2 Å². The fourth-order valence-corrected chi connectivity index (χ4v) is 2.75. The minimum absolute atomic E-state index is 0.0636. The van der Waals surface area contributed by atoms with Crippen LogP contribution in [0.5, 0.6) is 11.6 Å². The van der Waals surface area contributed by atoms with Crippen molar-refractivity contribution in [2.24, 2.45) is 0 Å². The summed E-state index contributed by atoms with van der Waals surface area (Å²) in [7, 11) is 0. The van der Waals surface area contributed by atoms with Gasteiger partial charge in [0, 0.05) is 11.6 Å². The summed E-state index contributed by atoms with van der Waals surface area (Å²) in [5, 5.41) is 19.5. The molecule has 0 fully saturated rings. The van der Waals surface area contributed by atoms with Crippen LogP contribution in [0, 0.1) is 11.3 Å². The number of alkyl halides is 2. The monoisotopic (exact) mass is 358 g/mol. The third-order valence-corrected chi connectivity index (χ3v) is 3.82. The molecule has 1 N–H and O–H groups in total. The van der Waals surface area contributed by atoms with Crippen LogP contribution in [0.25, 0.3) is 16.8 Å². The summed E-state index contributed by atoms with van der Waals surface area (Å²) in [5.74, 6) is -0.469. The maximum absolute atomic E-state index is 12.8. The van der Waals surface area contributed by atoms with Crippen molar-refractivity contribution in [2.45, 2.75) is 19.6 Å². The average Bonchev–Trinajstić information content (AvgIpc) is 2.61. The number of aromatic hydroxyl groups is 1. The number of rotatable bonds is 5. The lowest BCUT2D eigenvalue weighted by Gasteiger charge is -2.10. The van der Waals surface area contributed by atoms with E-state index in [-0.39, 0.29) is 35.7 Å².